The largest absolute Gasteiger partial charge is 0.481 e. The minimum absolute atomic E-state index is 0.104. The third-order valence-electron chi connectivity index (χ3n) is 2.95. The Bertz CT molecular complexity index is 751. The van der Waals surface area contributed by atoms with Crippen LogP contribution in [-0.4, -0.2) is 30.7 Å². The average Bonchev–Trinajstić information content (AvgIpc) is 2.94. The fraction of sp³-hybridized carbons (Fsp3) is 0.154. The molecule has 7 nitrogen and oxygen atoms in total. The lowest BCUT2D eigenvalue weighted by Crippen LogP contribution is -2.33. The summed E-state index contributed by atoms with van der Waals surface area (Å²) in [4.78, 5) is 18.7. The van der Waals surface area contributed by atoms with Crippen LogP contribution >= 0.6 is 0 Å². The van der Waals surface area contributed by atoms with E-state index in [4.69, 9.17) is 5.11 Å². The molecule has 1 N–H and O–H groups in total. The molecule has 0 aromatic carbocycles. The first-order valence-corrected chi connectivity index (χ1v) is 6.10. The highest BCUT2D eigenvalue weighted by atomic mass is 16.4. The van der Waals surface area contributed by atoms with E-state index in [0.717, 1.165) is 11.3 Å². The molecule has 100 valence electrons. The van der Waals surface area contributed by atoms with Crippen LogP contribution in [-0.2, 0) is 11.3 Å². The summed E-state index contributed by atoms with van der Waals surface area (Å²) in [5.74, 6) is -0.259. The minimum Gasteiger partial charge on any atom is -0.481 e. The van der Waals surface area contributed by atoms with E-state index in [9.17, 15) is 4.79 Å². The van der Waals surface area contributed by atoms with Crippen LogP contribution in [0.1, 0.15) is 6.42 Å². The molecule has 7 heteroatoms. The maximum atomic E-state index is 10.5. The Kier molecular flexibility index (Phi) is 3.08. The summed E-state index contributed by atoms with van der Waals surface area (Å²) in [7, 11) is 0. The first-order valence-electron chi connectivity index (χ1n) is 6.10. The summed E-state index contributed by atoms with van der Waals surface area (Å²) in [6.07, 6.45) is 6.95. The average molecular weight is 270 g/mol. The molecule has 0 saturated carbocycles. The number of pyridine rings is 1. The van der Waals surface area contributed by atoms with Gasteiger partial charge >= 0.3 is 5.97 Å². The molecule has 3 aromatic heterocycles. The smallest absolute Gasteiger partial charge is 0.309 e. The van der Waals surface area contributed by atoms with Gasteiger partial charge in [-0.15, -0.1) is 0 Å². The third kappa shape index (κ3) is 2.33. The van der Waals surface area contributed by atoms with Gasteiger partial charge in [0.2, 0.25) is 0 Å². The van der Waals surface area contributed by atoms with Gasteiger partial charge in [0.15, 0.2) is 18.9 Å². The molecule has 0 amide bonds. The van der Waals surface area contributed by atoms with Crippen molar-refractivity contribution in [2.24, 2.45) is 0 Å². The van der Waals surface area contributed by atoms with Crippen LogP contribution in [0.3, 0.4) is 0 Å². The normalized spacial score (nSPS) is 10.8. The van der Waals surface area contributed by atoms with E-state index in [0.29, 0.717) is 12.3 Å². The van der Waals surface area contributed by atoms with Gasteiger partial charge < -0.3 is 5.11 Å². The lowest BCUT2D eigenvalue weighted by atomic mass is 10.2. The number of carbonyl (C=O) groups is 1. The second-order valence-corrected chi connectivity index (χ2v) is 4.27. The summed E-state index contributed by atoms with van der Waals surface area (Å²) in [5.41, 5.74) is 1.85. The molecule has 20 heavy (non-hydrogen) atoms. The van der Waals surface area contributed by atoms with Crippen molar-refractivity contribution in [1.82, 2.24) is 19.6 Å². The van der Waals surface area contributed by atoms with Crippen molar-refractivity contribution in [3.8, 4) is 11.3 Å². The number of aliphatic carboxylic acids is 1. The van der Waals surface area contributed by atoms with Gasteiger partial charge in [-0.05, 0) is 6.07 Å². The highest BCUT2D eigenvalue weighted by Gasteiger charge is 2.09. The highest BCUT2D eigenvalue weighted by Crippen LogP contribution is 2.16. The second kappa shape index (κ2) is 5.04. The Morgan fingerprint density at radius 3 is 2.80 bits per heavy atom. The lowest BCUT2D eigenvalue weighted by Gasteiger charge is -2.02. The van der Waals surface area contributed by atoms with Gasteiger partial charge in [-0.1, -0.05) is 0 Å². The zero-order valence-electron chi connectivity index (χ0n) is 10.5. The van der Waals surface area contributed by atoms with E-state index in [1.807, 2.05) is 35.2 Å². The summed E-state index contributed by atoms with van der Waals surface area (Å²) in [6.45, 7) is 0.449. The van der Waals surface area contributed by atoms with Crippen molar-refractivity contribution in [3.63, 3.8) is 0 Å². The maximum absolute atomic E-state index is 10.5. The first-order chi connectivity index (χ1) is 9.74. The van der Waals surface area contributed by atoms with Gasteiger partial charge in [0.05, 0.1) is 5.69 Å². The van der Waals surface area contributed by atoms with E-state index in [1.165, 1.54) is 6.33 Å². The number of nitrogens with zero attached hydrogens (tertiary/aromatic N) is 5. The Balaban J connectivity index is 1.91. The van der Waals surface area contributed by atoms with E-state index >= 15 is 0 Å². The van der Waals surface area contributed by atoms with Gasteiger partial charge in [-0.3, -0.25) is 4.79 Å². The Morgan fingerprint density at radius 1 is 1.25 bits per heavy atom. The molecule has 0 aliphatic heterocycles. The number of fused-ring (bicyclic) bond motifs is 1. The van der Waals surface area contributed by atoms with Crippen molar-refractivity contribution in [1.29, 1.82) is 0 Å². The van der Waals surface area contributed by atoms with Gasteiger partial charge in [0, 0.05) is 23.9 Å². The van der Waals surface area contributed by atoms with Gasteiger partial charge in [0.1, 0.15) is 12.7 Å². The molecular weight excluding hydrogens is 258 g/mol. The van der Waals surface area contributed by atoms with Crippen LogP contribution in [0.4, 0.5) is 0 Å². The molecule has 0 unspecified atom stereocenters. The molecule has 3 heterocycles. The summed E-state index contributed by atoms with van der Waals surface area (Å²) < 4.78 is 3.49. The van der Waals surface area contributed by atoms with E-state index < -0.39 is 5.97 Å². The van der Waals surface area contributed by atoms with Crippen LogP contribution in [0.25, 0.3) is 17.0 Å². The van der Waals surface area contributed by atoms with Crippen molar-refractivity contribution in [2.75, 3.05) is 0 Å². The number of aryl methyl sites for hydroxylation is 1. The molecule has 0 aliphatic rings. The highest BCUT2D eigenvalue weighted by molar-refractivity contribution is 5.66. The van der Waals surface area contributed by atoms with Crippen LogP contribution in [0, 0.1) is 0 Å². The number of hydrogen-bond acceptors (Lipinski definition) is 4. The SMILES string of the molecule is O=C(O)CC[n+]1ccc(-c2ccnc3ncnn23)cc1. The standard InChI is InChI=1S/C13H11N5O2/c19-12(20)4-8-17-6-2-10(3-7-17)11-1-5-14-13-15-9-16-18(11)13/h1-3,5-7,9H,4,8H2/p+1. The number of carboxylic acids is 1. The summed E-state index contributed by atoms with van der Waals surface area (Å²) >= 11 is 0. The van der Waals surface area contributed by atoms with Crippen LogP contribution in [0.15, 0.2) is 43.1 Å². The number of carboxylic acid groups (broad SMARTS) is 1. The zero-order valence-corrected chi connectivity index (χ0v) is 10.5. The molecule has 0 atom stereocenters. The van der Waals surface area contributed by atoms with Crippen molar-refractivity contribution in [2.45, 2.75) is 13.0 Å². The molecule has 0 radical (unpaired) electrons. The van der Waals surface area contributed by atoms with Crippen molar-refractivity contribution >= 4 is 11.7 Å². The first kappa shape index (κ1) is 12.2. The molecular formula is C13H12N5O2+. The Hall–Kier alpha value is -2.83. The fourth-order valence-corrected chi connectivity index (χ4v) is 1.96. The lowest BCUT2D eigenvalue weighted by molar-refractivity contribution is -0.695. The van der Waals surface area contributed by atoms with E-state index in [2.05, 4.69) is 15.1 Å². The predicted octanol–water partition coefficient (Wildman–Crippen LogP) is 0.553. The van der Waals surface area contributed by atoms with Crippen molar-refractivity contribution in [3.05, 3.63) is 43.1 Å². The summed E-state index contributed by atoms with van der Waals surface area (Å²) in [6, 6.07) is 5.69. The molecule has 0 saturated heterocycles. The fourth-order valence-electron chi connectivity index (χ4n) is 1.96. The van der Waals surface area contributed by atoms with Gasteiger partial charge in [-0.25, -0.2) is 9.55 Å². The van der Waals surface area contributed by atoms with E-state index in [1.54, 1.807) is 10.7 Å². The monoisotopic (exact) mass is 270 g/mol. The summed E-state index contributed by atoms with van der Waals surface area (Å²) in [5, 5.41) is 12.8. The van der Waals surface area contributed by atoms with Crippen LogP contribution in [0.2, 0.25) is 0 Å². The number of hydrogen-bond donors (Lipinski definition) is 1. The van der Waals surface area contributed by atoms with Crippen LogP contribution < -0.4 is 4.57 Å². The molecule has 3 aromatic rings. The van der Waals surface area contributed by atoms with Crippen molar-refractivity contribution < 1.29 is 14.5 Å². The topological polar surface area (TPSA) is 84.3 Å². The van der Waals surface area contributed by atoms with Gasteiger partial charge in [0.25, 0.3) is 5.78 Å². The Morgan fingerprint density at radius 2 is 2.05 bits per heavy atom. The molecule has 0 fully saturated rings. The maximum Gasteiger partial charge on any atom is 0.309 e. The Labute approximate surface area is 114 Å². The predicted molar refractivity (Wildman–Crippen MR) is 68.7 cm³/mol. The minimum atomic E-state index is -0.806. The quantitative estimate of drug-likeness (QED) is 0.700. The zero-order chi connectivity index (χ0) is 13.9. The molecule has 3 rings (SSSR count). The molecule has 0 bridgehead atoms. The second-order valence-electron chi connectivity index (χ2n) is 4.27. The van der Waals surface area contributed by atoms with Gasteiger partial charge in [-0.2, -0.15) is 14.6 Å². The third-order valence-corrected chi connectivity index (χ3v) is 2.95. The van der Waals surface area contributed by atoms with E-state index in [-0.39, 0.29) is 6.42 Å². The van der Waals surface area contributed by atoms with Crippen LogP contribution in [0.5, 0.6) is 0 Å². The number of aromatic nitrogens is 5. The number of rotatable bonds is 4. The molecule has 0 spiro atoms. The molecule has 0 aliphatic carbocycles.